The average Bonchev–Trinajstić information content (AvgIpc) is 2.75. The predicted molar refractivity (Wildman–Crippen MR) is 60.0 cm³/mol. The first-order valence-corrected chi connectivity index (χ1v) is 4.95. The van der Waals surface area contributed by atoms with Crippen LogP contribution in [0.3, 0.4) is 0 Å². The molecule has 2 N–H and O–H groups in total. The number of hydrogen-bond donors (Lipinski definition) is 1. The van der Waals surface area contributed by atoms with Crippen molar-refractivity contribution in [3.05, 3.63) is 42.0 Å². The SMILES string of the molecule is COc1cccnc1C(N)c1cnn(C)c1. The molecule has 0 aromatic carbocycles. The topological polar surface area (TPSA) is 66.0 Å². The highest BCUT2D eigenvalue weighted by atomic mass is 16.5. The van der Waals surface area contributed by atoms with E-state index in [0.29, 0.717) is 5.75 Å². The summed E-state index contributed by atoms with van der Waals surface area (Å²) >= 11 is 0. The van der Waals surface area contributed by atoms with Crippen LogP contribution in [0.2, 0.25) is 0 Å². The monoisotopic (exact) mass is 218 g/mol. The molecule has 0 radical (unpaired) electrons. The molecule has 2 aromatic heterocycles. The highest BCUT2D eigenvalue weighted by Crippen LogP contribution is 2.25. The molecule has 16 heavy (non-hydrogen) atoms. The van der Waals surface area contributed by atoms with Crippen LogP contribution in [0, 0.1) is 0 Å². The molecule has 2 rings (SSSR count). The second kappa shape index (κ2) is 4.32. The van der Waals surface area contributed by atoms with E-state index in [2.05, 4.69) is 10.1 Å². The molecule has 0 aliphatic rings. The fourth-order valence-corrected chi connectivity index (χ4v) is 1.57. The molecule has 2 heterocycles. The van der Waals surface area contributed by atoms with Gasteiger partial charge in [0.1, 0.15) is 11.4 Å². The van der Waals surface area contributed by atoms with Crippen molar-refractivity contribution in [3.63, 3.8) is 0 Å². The molecule has 5 heteroatoms. The molecule has 0 aliphatic heterocycles. The zero-order valence-corrected chi connectivity index (χ0v) is 9.29. The van der Waals surface area contributed by atoms with E-state index in [0.717, 1.165) is 11.3 Å². The minimum absolute atomic E-state index is 0.315. The van der Waals surface area contributed by atoms with E-state index in [-0.39, 0.29) is 6.04 Å². The van der Waals surface area contributed by atoms with E-state index in [1.54, 1.807) is 24.2 Å². The van der Waals surface area contributed by atoms with Crippen LogP contribution in [0.5, 0.6) is 5.75 Å². The normalized spacial score (nSPS) is 12.4. The van der Waals surface area contributed by atoms with Crippen LogP contribution in [0.25, 0.3) is 0 Å². The first-order valence-electron chi connectivity index (χ1n) is 4.95. The Kier molecular flexibility index (Phi) is 2.87. The first kappa shape index (κ1) is 10.6. The lowest BCUT2D eigenvalue weighted by Crippen LogP contribution is -2.14. The molecule has 0 saturated carbocycles. The van der Waals surface area contributed by atoms with Gasteiger partial charge in [0.2, 0.25) is 0 Å². The van der Waals surface area contributed by atoms with Crippen LogP contribution >= 0.6 is 0 Å². The van der Waals surface area contributed by atoms with Crippen molar-refractivity contribution in [2.75, 3.05) is 7.11 Å². The Labute approximate surface area is 93.9 Å². The van der Waals surface area contributed by atoms with Gasteiger partial charge < -0.3 is 10.5 Å². The fourth-order valence-electron chi connectivity index (χ4n) is 1.57. The van der Waals surface area contributed by atoms with Gasteiger partial charge in [-0.25, -0.2) is 0 Å². The summed E-state index contributed by atoms with van der Waals surface area (Å²) in [5.74, 6) is 0.693. The Balaban J connectivity index is 2.36. The number of nitrogens with two attached hydrogens (primary N) is 1. The van der Waals surface area contributed by atoms with Crippen molar-refractivity contribution in [3.8, 4) is 5.75 Å². The van der Waals surface area contributed by atoms with Gasteiger partial charge in [0.15, 0.2) is 0 Å². The van der Waals surface area contributed by atoms with E-state index in [1.165, 1.54) is 0 Å². The molecular weight excluding hydrogens is 204 g/mol. The molecule has 0 spiro atoms. The van der Waals surface area contributed by atoms with Crippen molar-refractivity contribution >= 4 is 0 Å². The second-order valence-electron chi connectivity index (χ2n) is 3.52. The Morgan fingerprint density at radius 3 is 2.94 bits per heavy atom. The molecule has 0 amide bonds. The molecule has 2 aromatic rings. The molecule has 84 valence electrons. The van der Waals surface area contributed by atoms with Crippen molar-refractivity contribution in [2.45, 2.75) is 6.04 Å². The lowest BCUT2D eigenvalue weighted by Gasteiger charge is -2.12. The summed E-state index contributed by atoms with van der Waals surface area (Å²) in [6.45, 7) is 0. The Bertz CT molecular complexity index is 480. The third-order valence-electron chi connectivity index (χ3n) is 2.40. The van der Waals surface area contributed by atoms with Gasteiger partial charge in [0.05, 0.1) is 19.3 Å². The number of ether oxygens (including phenoxy) is 1. The van der Waals surface area contributed by atoms with E-state index in [4.69, 9.17) is 10.5 Å². The fraction of sp³-hybridized carbons (Fsp3) is 0.273. The summed E-state index contributed by atoms with van der Waals surface area (Å²) in [4.78, 5) is 4.25. The maximum Gasteiger partial charge on any atom is 0.142 e. The smallest absolute Gasteiger partial charge is 0.142 e. The minimum Gasteiger partial charge on any atom is -0.495 e. The summed E-state index contributed by atoms with van der Waals surface area (Å²) in [6.07, 6.45) is 5.31. The van der Waals surface area contributed by atoms with Crippen molar-refractivity contribution < 1.29 is 4.74 Å². The molecule has 0 fully saturated rings. The summed E-state index contributed by atoms with van der Waals surface area (Å²) < 4.78 is 6.94. The highest BCUT2D eigenvalue weighted by molar-refractivity contribution is 5.34. The van der Waals surface area contributed by atoms with E-state index >= 15 is 0 Å². The van der Waals surface area contributed by atoms with Crippen LogP contribution in [-0.4, -0.2) is 21.9 Å². The summed E-state index contributed by atoms with van der Waals surface area (Å²) in [5.41, 5.74) is 7.75. The Morgan fingerprint density at radius 1 is 1.50 bits per heavy atom. The molecule has 0 saturated heterocycles. The molecule has 0 bridgehead atoms. The van der Waals surface area contributed by atoms with Crippen molar-refractivity contribution in [1.82, 2.24) is 14.8 Å². The first-order chi connectivity index (χ1) is 7.72. The average molecular weight is 218 g/mol. The molecule has 1 unspecified atom stereocenters. The van der Waals surface area contributed by atoms with Gasteiger partial charge in [-0.2, -0.15) is 5.10 Å². The number of aryl methyl sites for hydroxylation is 1. The number of pyridine rings is 1. The number of hydrogen-bond acceptors (Lipinski definition) is 4. The van der Waals surface area contributed by atoms with Gasteiger partial charge in [-0.1, -0.05) is 0 Å². The number of methoxy groups -OCH3 is 1. The Morgan fingerprint density at radius 2 is 2.31 bits per heavy atom. The standard InChI is InChI=1S/C11H14N4O/c1-15-7-8(6-14-15)10(12)11-9(16-2)4-3-5-13-11/h3-7,10H,12H2,1-2H3. The predicted octanol–water partition coefficient (Wildman–Crippen LogP) is 0.872. The maximum absolute atomic E-state index is 6.11. The maximum atomic E-state index is 6.11. The lowest BCUT2D eigenvalue weighted by molar-refractivity contribution is 0.404. The van der Waals surface area contributed by atoms with E-state index < -0.39 is 0 Å². The summed E-state index contributed by atoms with van der Waals surface area (Å²) in [5, 5.41) is 4.09. The van der Waals surface area contributed by atoms with Crippen LogP contribution in [0.15, 0.2) is 30.7 Å². The number of aromatic nitrogens is 3. The summed E-state index contributed by atoms with van der Waals surface area (Å²) in [6, 6.07) is 3.35. The van der Waals surface area contributed by atoms with E-state index in [9.17, 15) is 0 Å². The zero-order chi connectivity index (χ0) is 11.5. The Hall–Kier alpha value is -1.88. The highest BCUT2D eigenvalue weighted by Gasteiger charge is 2.16. The van der Waals surface area contributed by atoms with Gasteiger partial charge in [0.25, 0.3) is 0 Å². The lowest BCUT2D eigenvalue weighted by atomic mass is 10.1. The van der Waals surface area contributed by atoms with Gasteiger partial charge in [0, 0.05) is 25.0 Å². The van der Waals surface area contributed by atoms with Crippen molar-refractivity contribution in [1.29, 1.82) is 0 Å². The quantitative estimate of drug-likeness (QED) is 0.830. The minimum atomic E-state index is -0.315. The molecule has 1 atom stereocenters. The van der Waals surface area contributed by atoms with Crippen LogP contribution < -0.4 is 10.5 Å². The van der Waals surface area contributed by atoms with Gasteiger partial charge in [-0.3, -0.25) is 9.67 Å². The largest absolute Gasteiger partial charge is 0.495 e. The van der Waals surface area contributed by atoms with Crippen LogP contribution in [0.1, 0.15) is 17.3 Å². The molecule has 5 nitrogen and oxygen atoms in total. The van der Waals surface area contributed by atoms with Crippen LogP contribution in [0.4, 0.5) is 0 Å². The second-order valence-corrected chi connectivity index (χ2v) is 3.52. The number of nitrogens with zero attached hydrogens (tertiary/aromatic N) is 3. The van der Waals surface area contributed by atoms with Crippen LogP contribution in [-0.2, 0) is 7.05 Å². The third kappa shape index (κ3) is 1.90. The summed E-state index contributed by atoms with van der Waals surface area (Å²) in [7, 11) is 3.46. The number of rotatable bonds is 3. The van der Waals surface area contributed by atoms with Gasteiger partial charge in [-0.15, -0.1) is 0 Å². The van der Waals surface area contributed by atoms with Gasteiger partial charge >= 0.3 is 0 Å². The van der Waals surface area contributed by atoms with E-state index in [1.807, 2.05) is 25.4 Å². The molecule has 0 aliphatic carbocycles. The molecular formula is C11H14N4O. The third-order valence-corrected chi connectivity index (χ3v) is 2.40. The van der Waals surface area contributed by atoms with Gasteiger partial charge in [-0.05, 0) is 12.1 Å². The van der Waals surface area contributed by atoms with Crippen molar-refractivity contribution in [2.24, 2.45) is 12.8 Å². The zero-order valence-electron chi connectivity index (χ0n) is 9.29.